The van der Waals surface area contributed by atoms with Crippen LogP contribution in [0.1, 0.15) is 50.4 Å². The maximum atomic E-state index is 12.7. The van der Waals surface area contributed by atoms with Crippen molar-refractivity contribution in [1.29, 1.82) is 0 Å². The lowest BCUT2D eigenvalue weighted by Gasteiger charge is -2.29. The Morgan fingerprint density at radius 1 is 1.38 bits per heavy atom. The summed E-state index contributed by atoms with van der Waals surface area (Å²) in [6.07, 6.45) is 6.51. The van der Waals surface area contributed by atoms with Gasteiger partial charge in [0.25, 0.3) is 5.91 Å². The second-order valence-corrected chi connectivity index (χ2v) is 6.85. The van der Waals surface area contributed by atoms with Gasteiger partial charge in [-0.15, -0.1) is 0 Å². The Hall–Kier alpha value is -1.62. The average molecular weight is 290 g/mol. The molecule has 0 spiro atoms. The minimum absolute atomic E-state index is 0.0191. The highest BCUT2D eigenvalue weighted by molar-refractivity contribution is 5.99. The summed E-state index contributed by atoms with van der Waals surface area (Å²) in [5, 5.41) is 0. The number of hydrazine groups is 1. The highest BCUT2D eigenvalue weighted by Gasteiger charge is 2.29. The van der Waals surface area contributed by atoms with Crippen LogP contribution in [-0.2, 0) is 0 Å². The summed E-state index contributed by atoms with van der Waals surface area (Å²) in [5.41, 5.74) is 4.06. The quantitative estimate of drug-likeness (QED) is 0.649. The number of hydrogen-bond acceptors (Lipinski definition) is 4. The third-order valence-electron chi connectivity index (χ3n) is 4.45. The van der Waals surface area contributed by atoms with E-state index in [0.717, 1.165) is 25.9 Å². The molecule has 5 nitrogen and oxygen atoms in total. The Balaban J connectivity index is 2.10. The van der Waals surface area contributed by atoms with Crippen LogP contribution in [-0.4, -0.2) is 28.9 Å². The number of pyridine rings is 1. The molecule has 116 valence electrons. The van der Waals surface area contributed by atoms with Crippen LogP contribution < -0.4 is 11.3 Å². The number of anilines is 1. The fraction of sp³-hybridized carbons (Fsp3) is 0.625. The van der Waals surface area contributed by atoms with Gasteiger partial charge < -0.3 is 10.3 Å². The van der Waals surface area contributed by atoms with Gasteiger partial charge in [0, 0.05) is 25.5 Å². The highest BCUT2D eigenvalue weighted by Crippen LogP contribution is 2.34. The number of aromatic nitrogens is 1. The molecule has 1 unspecified atom stereocenters. The molecule has 3 N–H and O–H groups in total. The van der Waals surface area contributed by atoms with Crippen LogP contribution in [0.15, 0.2) is 18.5 Å². The average Bonchev–Trinajstić information content (AvgIpc) is 2.72. The molecule has 1 aromatic heterocycles. The van der Waals surface area contributed by atoms with Crippen LogP contribution in [0.5, 0.6) is 0 Å². The van der Waals surface area contributed by atoms with E-state index in [2.05, 4.69) is 31.2 Å². The van der Waals surface area contributed by atoms with Gasteiger partial charge >= 0.3 is 0 Å². The third kappa shape index (κ3) is 3.73. The topological polar surface area (TPSA) is 71.2 Å². The van der Waals surface area contributed by atoms with Crippen molar-refractivity contribution in [2.24, 2.45) is 17.2 Å². The summed E-state index contributed by atoms with van der Waals surface area (Å²) < 4.78 is 0. The molecule has 0 bridgehead atoms. The number of nitrogens with two attached hydrogens (primary N) is 1. The van der Waals surface area contributed by atoms with Crippen LogP contribution in [0.2, 0.25) is 0 Å². The fourth-order valence-electron chi connectivity index (χ4n) is 3.03. The number of nitrogens with zero attached hydrogens (tertiary/aromatic N) is 2. The van der Waals surface area contributed by atoms with Crippen molar-refractivity contribution in [2.75, 3.05) is 18.5 Å². The summed E-state index contributed by atoms with van der Waals surface area (Å²) in [4.78, 5) is 18.7. The number of hydrogen-bond donors (Lipinski definition) is 2. The second-order valence-electron chi connectivity index (χ2n) is 6.85. The molecule has 0 saturated carbocycles. The molecule has 1 amide bonds. The summed E-state index contributed by atoms with van der Waals surface area (Å²) in [5.74, 6) is 6.16. The van der Waals surface area contributed by atoms with Crippen molar-refractivity contribution in [3.63, 3.8) is 0 Å². The van der Waals surface area contributed by atoms with E-state index in [1.165, 1.54) is 6.42 Å². The molecule has 1 atom stereocenters. The van der Waals surface area contributed by atoms with Crippen molar-refractivity contribution in [3.05, 3.63) is 24.0 Å². The maximum Gasteiger partial charge on any atom is 0.257 e. The second kappa shape index (κ2) is 6.43. The van der Waals surface area contributed by atoms with Gasteiger partial charge in [0.15, 0.2) is 0 Å². The molecule has 5 heteroatoms. The van der Waals surface area contributed by atoms with Gasteiger partial charge in [0.05, 0.1) is 11.3 Å². The first-order chi connectivity index (χ1) is 9.93. The first kappa shape index (κ1) is 15.8. The Bertz CT molecular complexity index is 495. The first-order valence-corrected chi connectivity index (χ1v) is 7.63. The first-order valence-electron chi connectivity index (χ1n) is 7.63. The lowest BCUT2D eigenvalue weighted by atomic mass is 9.77. The molecule has 1 aliphatic rings. The van der Waals surface area contributed by atoms with Gasteiger partial charge in [-0.3, -0.25) is 15.6 Å². The van der Waals surface area contributed by atoms with Gasteiger partial charge in [0.1, 0.15) is 0 Å². The number of carbonyl (C=O) groups excluding carboxylic acids is 1. The van der Waals surface area contributed by atoms with E-state index in [-0.39, 0.29) is 5.91 Å². The van der Waals surface area contributed by atoms with Crippen molar-refractivity contribution in [3.8, 4) is 0 Å². The molecule has 2 rings (SSSR count). The zero-order chi connectivity index (χ0) is 15.5. The molecule has 1 aliphatic heterocycles. The normalized spacial score (nSPS) is 20.0. The van der Waals surface area contributed by atoms with E-state index in [0.29, 0.717) is 22.6 Å². The molecule has 1 aromatic rings. The van der Waals surface area contributed by atoms with E-state index in [9.17, 15) is 4.79 Å². The number of nitrogen functional groups attached to an aromatic ring is 1. The van der Waals surface area contributed by atoms with E-state index >= 15 is 0 Å². The van der Waals surface area contributed by atoms with Gasteiger partial charge in [0.2, 0.25) is 0 Å². The van der Waals surface area contributed by atoms with E-state index in [1.807, 2.05) is 4.90 Å². The minimum atomic E-state index is 0.0191. The summed E-state index contributed by atoms with van der Waals surface area (Å²) in [6.45, 7) is 8.47. The highest BCUT2D eigenvalue weighted by atomic mass is 16.2. The third-order valence-corrected chi connectivity index (χ3v) is 4.45. The van der Waals surface area contributed by atoms with Gasteiger partial charge in [-0.2, -0.15) is 0 Å². The number of rotatable bonds is 2. The maximum absolute atomic E-state index is 12.7. The Kier molecular flexibility index (Phi) is 4.83. The molecule has 21 heavy (non-hydrogen) atoms. The monoisotopic (exact) mass is 290 g/mol. The summed E-state index contributed by atoms with van der Waals surface area (Å²) >= 11 is 0. The standard InChI is InChI=1S/C16H26N4O/c1-16(2,3)12-5-4-9-20(10-7-12)15(21)13-11-18-8-6-14(13)19-17/h6,8,11-12H,4-5,7,9-10,17H2,1-3H3,(H,18,19). The molecule has 0 radical (unpaired) electrons. The molecule has 1 fully saturated rings. The lowest BCUT2D eigenvalue weighted by molar-refractivity contribution is 0.0756. The van der Waals surface area contributed by atoms with Gasteiger partial charge in [-0.1, -0.05) is 20.8 Å². The largest absolute Gasteiger partial charge is 0.339 e. The zero-order valence-corrected chi connectivity index (χ0v) is 13.2. The number of carbonyl (C=O) groups is 1. The molecule has 1 saturated heterocycles. The van der Waals surface area contributed by atoms with Crippen LogP contribution in [0.4, 0.5) is 5.69 Å². The predicted molar refractivity (Wildman–Crippen MR) is 84.7 cm³/mol. The summed E-state index contributed by atoms with van der Waals surface area (Å²) in [7, 11) is 0. The number of amides is 1. The SMILES string of the molecule is CC(C)(C)C1CCCN(C(=O)c2cnccc2NN)CC1. The molecular weight excluding hydrogens is 264 g/mol. The Labute approximate surface area is 126 Å². The van der Waals surface area contributed by atoms with Crippen molar-refractivity contribution in [1.82, 2.24) is 9.88 Å². The van der Waals surface area contributed by atoms with Crippen LogP contribution in [0.3, 0.4) is 0 Å². The molecular formula is C16H26N4O. The van der Waals surface area contributed by atoms with Crippen molar-refractivity contribution >= 4 is 11.6 Å². The molecule has 2 heterocycles. The van der Waals surface area contributed by atoms with Crippen LogP contribution in [0, 0.1) is 11.3 Å². The molecule has 0 aromatic carbocycles. The Morgan fingerprint density at radius 3 is 2.81 bits per heavy atom. The van der Waals surface area contributed by atoms with Gasteiger partial charge in [-0.25, -0.2) is 0 Å². The predicted octanol–water partition coefficient (Wildman–Crippen LogP) is 2.66. The lowest BCUT2D eigenvalue weighted by Crippen LogP contribution is -2.33. The summed E-state index contributed by atoms with van der Waals surface area (Å²) in [6, 6.07) is 1.73. The van der Waals surface area contributed by atoms with E-state index in [1.54, 1.807) is 18.5 Å². The Morgan fingerprint density at radius 2 is 2.14 bits per heavy atom. The van der Waals surface area contributed by atoms with Crippen molar-refractivity contribution < 1.29 is 4.79 Å². The van der Waals surface area contributed by atoms with E-state index in [4.69, 9.17) is 5.84 Å². The van der Waals surface area contributed by atoms with Crippen LogP contribution in [0.25, 0.3) is 0 Å². The van der Waals surface area contributed by atoms with Gasteiger partial charge in [-0.05, 0) is 36.7 Å². The number of likely N-dealkylation sites (tertiary alicyclic amines) is 1. The van der Waals surface area contributed by atoms with Crippen molar-refractivity contribution in [2.45, 2.75) is 40.0 Å². The van der Waals surface area contributed by atoms with E-state index < -0.39 is 0 Å². The zero-order valence-electron chi connectivity index (χ0n) is 13.2. The fourth-order valence-corrected chi connectivity index (χ4v) is 3.03. The minimum Gasteiger partial charge on any atom is -0.339 e. The molecule has 0 aliphatic carbocycles. The van der Waals surface area contributed by atoms with Crippen LogP contribution >= 0.6 is 0 Å². The smallest absolute Gasteiger partial charge is 0.257 e. The number of nitrogens with one attached hydrogen (secondary N) is 1.